The van der Waals surface area contributed by atoms with Crippen LogP contribution in [0, 0.1) is 10.1 Å². The maximum atomic E-state index is 10.1. The van der Waals surface area contributed by atoms with Crippen LogP contribution in [-0.2, 0) is 0 Å². The smallest absolute Gasteiger partial charge is 0.258 e. The number of nitrogens with zero attached hydrogens (tertiary/aromatic N) is 1. The minimum absolute atomic E-state index is 0.0828. The first-order chi connectivity index (χ1) is 5.07. The fourth-order valence-electron chi connectivity index (χ4n) is 0.627. The molecule has 60 valence electrons. The van der Waals surface area contributed by atoms with Gasteiger partial charge in [0.15, 0.2) is 0 Å². The molecule has 0 unspecified atom stereocenters. The van der Waals surface area contributed by atoms with Crippen LogP contribution in [-0.4, -0.2) is 4.92 Å². The van der Waals surface area contributed by atoms with Crippen LogP contribution < -0.4 is 0 Å². The molecule has 0 amide bonds. The van der Waals surface area contributed by atoms with Gasteiger partial charge in [0.05, 0.1) is 4.92 Å². The van der Waals surface area contributed by atoms with Crippen LogP contribution in [0.25, 0.3) is 0 Å². The van der Waals surface area contributed by atoms with Gasteiger partial charge < -0.3 is 0 Å². The third-order valence-corrected chi connectivity index (χ3v) is 1.06. The van der Waals surface area contributed by atoms with Gasteiger partial charge in [-0.2, -0.15) is 0 Å². The van der Waals surface area contributed by atoms with E-state index in [-0.39, 0.29) is 5.70 Å². The topological polar surface area (TPSA) is 43.1 Å². The predicted molar refractivity (Wildman–Crippen MR) is 44.7 cm³/mol. The lowest BCUT2D eigenvalue weighted by Gasteiger charge is -1.89. The molecule has 0 aliphatic rings. The summed E-state index contributed by atoms with van der Waals surface area (Å²) in [6, 6.07) is 0. The summed E-state index contributed by atoms with van der Waals surface area (Å²) in [4.78, 5) is 9.57. The van der Waals surface area contributed by atoms with Crippen LogP contribution in [0.2, 0.25) is 0 Å². The van der Waals surface area contributed by atoms with Crippen molar-refractivity contribution < 1.29 is 4.92 Å². The quantitative estimate of drug-likeness (QED) is 0.354. The van der Waals surface area contributed by atoms with E-state index in [0.717, 1.165) is 5.57 Å². The van der Waals surface area contributed by atoms with Crippen molar-refractivity contribution in [3.8, 4) is 0 Å². The highest BCUT2D eigenvalue weighted by atomic mass is 16.6. The first-order valence-electron chi connectivity index (χ1n) is 3.22. The first-order valence-corrected chi connectivity index (χ1v) is 3.22. The molecule has 0 saturated carbocycles. The summed E-state index contributed by atoms with van der Waals surface area (Å²) in [7, 11) is 0. The Hall–Kier alpha value is -1.38. The van der Waals surface area contributed by atoms with E-state index in [1.807, 2.05) is 13.0 Å². The summed E-state index contributed by atoms with van der Waals surface area (Å²) in [5, 5.41) is 10.1. The van der Waals surface area contributed by atoms with Crippen molar-refractivity contribution in [3.05, 3.63) is 46.2 Å². The van der Waals surface area contributed by atoms with Crippen LogP contribution in [0.15, 0.2) is 36.1 Å². The molecule has 0 rings (SSSR count). The largest absolute Gasteiger partial charge is 0.262 e. The number of nitro groups is 1. The van der Waals surface area contributed by atoms with Crippen LogP contribution >= 0.6 is 0 Å². The second-order valence-electron chi connectivity index (χ2n) is 2.14. The van der Waals surface area contributed by atoms with Gasteiger partial charge >= 0.3 is 0 Å². The summed E-state index contributed by atoms with van der Waals surface area (Å²) < 4.78 is 0. The zero-order valence-electron chi connectivity index (χ0n) is 6.70. The molecule has 0 atom stereocenters. The fraction of sp³-hybridized carbons (Fsp3) is 0.250. The monoisotopic (exact) mass is 153 g/mol. The van der Waals surface area contributed by atoms with Gasteiger partial charge in [-0.1, -0.05) is 12.2 Å². The zero-order chi connectivity index (χ0) is 8.85. The van der Waals surface area contributed by atoms with Crippen LogP contribution in [0.5, 0.6) is 0 Å². The van der Waals surface area contributed by atoms with Crippen molar-refractivity contribution in [3.63, 3.8) is 0 Å². The third-order valence-electron chi connectivity index (χ3n) is 1.06. The Morgan fingerprint density at radius 3 is 2.55 bits per heavy atom. The minimum Gasteiger partial charge on any atom is -0.258 e. The number of hydrogen-bond donors (Lipinski definition) is 0. The van der Waals surface area contributed by atoms with Gasteiger partial charge in [-0.3, -0.25) is 10.1 Å². The molecule has 0 radical (unpaired) electrons. The Bertz CT molecular complexity index is 226. The molecule has 0 aliphatic heterocycles. The Morgan fingerprint density at radius 1 is 1.64 bits per heavy atom. The lowest BCUT2D eigenvalue weighted by Crippen LogP contribution is -1.93. The van der Waals surface area contributed by atoms with E-state index >= 15 is 0 Å². The molecule has 11 heavy (non-hydrogen) atoms. The van der Waals surface area contributed by atoms with Crippen LogP contribution in [0.4, 0.5) is 0 Å². The van der Waals surface area contributed by atoms with Crippen LogP contribution in [0.3, 0.4) is 0 Å². The summed E-state index contributed by atoms with van der Waals surface area (Å²) in [6.45, 7) is 6.91. The molecule has 3 heteroatoms. The van der Waals surface area contributed by atoms with Gasteiger partial charge in [0.1, 0.15) is 0 Å². The molecule has 3 nitrogen and oxygen atoms in total. The second-order valence-corrected chi connectivity index (χ2v) is 2.14. The summed E-state index contributed by atoms with van der Waals surface area (Å²) >= 11 is 0. The molecule has 0 N–H and O–H groups in total. The molecule has 0 spiro atoms. The predicted octanol–water partition coefficient (Wildman–Crippen LogP) is 2.30. The van der Waals surface area contributed by atoms with Crippen LogP contribution in [0.1, 0.15) is 13.8 Å². The molecule has 0 aromatic rings. The SMILES string of the molecule is C=C(/C=C(C)\C=C/C)[N+](=O)[O-]. The standard InChI is InChI=1S/C8H11NO2/c1-4-5-7(2)6-8(3)9(10)11/h4-6H,3H2,1-2H3/b5-4-,7-6-. The van der Waals surface area contributed by atoms with Gasteiger partial charge in [0.2, 0.25) is 0 Å². The maximum Gasteiger partial charge on any atom is 0.262 e. The van der Waals surface area contributed by atoms with Gasteiger partial charge in [-0.15, -0.1) is 0 Å². The molecule has 0 bridgehead atoms. The molecular weight excluding hydrogens is 142 g/mol. The average molecular weight is 153 g/mol. The van der Waals surface area contributed by atoms with E-state index in [9.17, 15) is 10.1 Å². The number of rotatable bonds is 3. The van der Waals surface area contributed by atoms with Crippen molar-refractivity contribution in [2.24, 2.45) is 0 Å². The Balaban J connectivity index is 4.31. The highest BCUT2D eigenvalue weighted by molar-refractivity contribution is 5.22. The lowest BCUT2D eigenvalue weighted by atomic mass is 10.2. The lowest BCUT2D eigenvalue weighted by molar-refractivity contribution is -0.418. The van der Waals surface area contributed by atoms with Crippen molar-refractivity contribution in [1.29, 1.82) is 0 Å². The molecule has 0 aliphatic carbocycles. The normalized spacial score (nSPS) is 12.0. The fourth-order valence-corrected chi connectivity index (χ4v) is 0.627. The molecule has 0 heterocycles. The van der Waals surface area contributed by atoms with Gasteiger partial charge in [-0.25, -0.2) is 0 Å². The average Bonchev–Trinajstić information content (AvgIpc) is 1.87. The van der Waals surface area contributed by atoms with Crippen molar-refractivity contribution in [2.45, 2.75) is 13.8 Å². The summed E-state index contributed by atoms with van der Waals surface area (Å²) in [5.41, 5.74) is 0.745. The highest BCUT2D eigenvalue weighted by Crippen LogP contribution is 2.01. The van der Waals surface area contributed by atoms with Crippen molar-refractivity contribution in [2.75, 3.05) is 0 Å². The van der Waals surface area contributed by atoms with Gasteiger partial charge in [0.25, 0.3) is 5.70 Å². The second kappa shape index (κ2) is 4.44. The van der Waals surface area contributed by atoms with E-state index in [0.29, 0.717) is 0 Å². The molecule has 0 fully saturated rings. The first kappa shape index (κ1) is 9.62. The number of hydrogen-bond acceptors (Lipinski definition) is 2. The summed E-state index contributed by atoms with van der Waals surface area (Å²) in [5.74, 6) is 0. The molecule has 0 saturated heterocycles. The molecular formula is C8H11NO2. The Labute approximate surface area is 65.9 Å². The van der Waals surface area contributed by atoms with E-state index in [1.54, 1.807) is 13.0 Å². The summed E-state index contributed by atoms with van der Waals surface area (Å²) in [6.07, 6.45) is 5.04. The van der Waals surface area contributed by atoms with E-state index in [1.165, 1.54) is 6.08 Å². The molecule has 0 aromatic heterocycles. The van der Waals surface area contributed by atoms with Crippen molar-refractivity contribution >= 4 is 0 Å². The van der Waals surface area contributed by atoms with E-state index in [2.05, 4.69) is 6.58 Å². The number of allylic oxidation sites excluding steroid dienone is 4. The Kier molecular flexibility index (Phi) is 3.88. The van der Waals surface area contributed by atoms with E-state index < -0.39 is 4.92 Å². The van der Waals surface area contributed by atoms with E-state index in [4.69, 9.17) is 0 Å². The third kappa shape index (κ3) is 4.08. The zero-order valence-corrected chi connectivity index (χ0v) is 6.70. The van der Waals surface area contributed by atoms with Gasteiger partial charge in [0, 0.05) is 6.08 Å². The van der Waals surface area contributed by atoms with Crippen molar-refractivity contribution in [1.82, 2.24) is 0 Å². The maximum absolute atomic E-state index is 10.1. The Morgan fingerprint density at radius 2 is 2.18 bits per heavy atom. The van der Waals surface area contributed by atoms with Gasteiger partial charge in [-0.05, 0) is 26.0 Å². The highest BCUT2D eigenvalue weighted by Gasteiger charge is 1.99. The molecule has 0 aromatic carbocycles. The minimum atomic E-state index is -0.507.